The molecule has 0 bridgehead atoms. The third kappa shape index (κ3) is 2.28. The van der Waals surface area contributed by atoms with Gasteiger partial charge in [-0.25, -0.2) is 0 Å². The summed E-state index contributed by atoms with van der Waals surface area (Å²) in [6.07, 6.45) is 0. The molecule has 1 aromatic carbocycles. The Bertz CT molecular complexity index is 380. The van der Waals surface area contributed by atoms with Gasteiger partial charge < -0.3 is 5.73 Å². The van der Waals surface area contributed by atoms with Crippen LogP contribution < -0.4 is 5.73 Å². The van der Waals surface area contributed by atoms with Crippen molar-refractivity contribution in [3.8, 4) is 6.07 Å². The summed E-state index contributed by atoms with van der Waals surface area (Å²) in [6, 6.07) is 9.72. The summed E-state index contributed by atoms with van der Waals surface area (Å²) in [4.78, 5) is 0. The Morgan fingerprint density at radius 1 is 1.20 bits per heavy atom. The molecule has 0 heterocycles. The van der Waals surface area contributed by atoms with Gasteiger partial charge in [0.05, 0.1) is 19.7 Å². The van der Waals surface area contributed by atoms with Gasteiger partial charge in [0.2, 0.25) is 0 Å². The van der Waals surface area contributed by atoms with Crippen LogP contribution in [0.3, 0.4) is 0 Å². The van der Waals surface area contributed by atoms with Crippen LogP contribution in [-0.4, -0.2) is 8.07 Å². The molecule has 1 atom stereocenters. The van der Waals surface area contributed by atoms with Crippen LogP contribution in [0.5, 0.6) is 0 Å². The first-order valence-corrected chi connectivity index (χ1v) is 8.58. The van der Waals surface area contributed by atoms with Crippen LogP contribution in [0.25, 0.3) is 0 Å². The van der Waals surface area contributed by atoms with E-state index in [4.69, 9.17) is 11.0 Å². The summed E-state index contributed by atoms with van der Waals surface area (Å²) in [6.45, 7) is 8.85. The Hall–Kier alpha value is -1.11. The quantitative estimate of drug-likeness (QED) is 0.776. The number of benzene rings is 1. The lowest BCUT2D eigenvalue weighted by molar-refractivity contribution is 0.678. The number of nitrogens with two attached hydrogens (primary N) is 1. The summed E-state index contributed by atoms with van der Waals surface area (Å²) < 4.78 is 0. The van der Waals surface area contributed by atoms with E-state index in [2.05, 4.69) is 32.6 Å². The molecule has 15 heavy (non-hydrogen) atoms. The van der Waals surface area contributed by atoms with Crippen molar-refractivity contribution in [3.63, 3.8) is 0 Å². The maximum atomic E-state index is 8.72. The average Bonchev–Trinajstić information content (AvgIpc) is 2.16. The molecule has 1 aromatic rings. The summed E-state index contributed by atoms with van der Waals surface area (Å²) in [5, 5.41) is 8.47. The summed E-state index contributed by atoms with van der Waals surface area (Å²) in [7, 11) is -1.46. The topological polar surface area (TPSA) is 49.8 Å². The van der Waals surface area contributed by atoms with Crippen molar-refractivity contribution in [1.29, 1.82) is 5.26 Å². The van der Waals surface area contributed by atoms with Crippen LogP contribution in [0.2, 0.25) is 19.6 Å². The molecule has 0 aromatic heterocycles. The molecule has 2 N–H and O–H groups in total. The largest absolute Gasteiger partial charge is 0.324 e. The Labute approximate surface area is 92.7 Å². The second kappa shape index (κ2) is 3.80. The number of hydrogen-bond acceptors (Lipinski definition) is 2. The first-order chi connectivity index (χ1) is 6.79. The zero-order valence-electron chi connectivity index (χ0n) is 9.83. The van der Waals surface area contributed by atoms with Crippen molar-refractivity contribution in [1.82, 2.24) is 0 Å². The van der Waals surface area contributed by atoms with E-state index in [-0.39, 0.29) is 5.16 Å². The molecule has 2 nitrogen and oxygen atoms in total. The van der Waals surface area contributed by atoms with Gasteiger partial charge in [0, 0.05) is 5.16 Å². The van der Waals surface area contributed by atoms with Crippen LogP contribution in [0.1, 0.15) is 18.1 Å². The van der Waals surface area contributed by atoms with Crippen molar-refractivity contribution >= 4 is 8.07 Å². The molecular formula is C12H18N2Si. The van der Waals surface area contributed by atoms with Gasteiger partial charge in [0.15, 0.2) is 0 Å². The van der Waals surface area contributed by atoms with E-state index < -0.39 is 8.07 Å². The lowest BCUT2D eigenvalue weighted by Crippen LogP contribution is -2.54. The van der Waals surface area contributed by atoms with Gasteiger partial charge in [0.1, 0.15) is 0 Å². The molecular weight excluding hydrogens is 200 g/mol. The minimum atomic E-state index is -1.46. The van der Waals surface area contributed by atoms with Crippen LogP contribution in [0.15, 0.2) is 24.3 Å². The zero-order chi connectivity index (χ0) is 11.7. The van der Waals surface area contributed by atoms with Crippen molar-refractivity contribution < 1.29 is 0 Å². The monoisotopic (exact) mass is 218 g/mol. The molecule has 0 saturated carbocycles. The predicted molar refractivity (Wildman–Crippen MR) is 66.0 cm³/mol. The molecule has 1 rings (SSSR count). The SMILES string of the molecule is CC(N)(c1ccc(C#N)cc1)[Si](C)(C)C. The fraction of sp³-hybridized carbons (Fsp3) is 0.417. The molecule has 0 spiro atoms. The van der Waals surface area contributed by atoms with Gasteiger partial charge in [-0.1, -0.05) is 31.8 Å². The summed E-state index contributed by atoms with van der Waals surface area (Å²) in [5.74, 6) is 0. The molecule has 80 valence electrons. The fourth-order valence-electron chi connectivity index (χ4n) is 1.32. The molecule has 0 fully saturated rings. The zero-order valence-corrected chi connectivity index (χ0v) is 10.8. The number of rotatable bonds is 2. The highest BCUT2D eigenvalue weighted by molar-refractivity contribution is 6.78. The third-order valence-electron chi connectivity index (χ3n) is 3.17. The predicted octanol–water partition coefficient (Wildman–Crippen LogP) is 2.61. The minimum Gasteiger partial charge on any atom is -0.324 e. The van der Waals surface area contributed by atoms with E-state index in [9.17, 15) is 0 Å². The van der Waals surface area contributed by atoms with Crippen LogP contribution in [0.4, 0.5) is 0 Å². The van der Waals surface area contributed by atoms with Gasteiger partial charge in [0.25, 0.3) is 0 Å². The maximum absolute atomic E-state index is 8.72. The van der Waals surface area contributed by atoms with Crippen molar-refractivity contribution in [2.24, 2.45) is 5.73 Å². The Balaban J connectivity index is 3.13. The lowest BCUT2D eigenvalue weighted by atomic mass is 10.1. The normalized spacial score (nSPS) is 15.5. The maximum Gasteiger partial charge on any atom is 0.0991 e. The van der Waals surface area contributed by atoms with Crippen molar-refractivity contribution in [3.05, 3.63) is 35.4 Å². The second-order valence-electron chi connectivity index (χ2n) is 5.14. The molecule has 3 heteroatoms. The Kier molecular flexibility index (Phi) is 3.03. The smallest absolute Gasteiger partial charge is 0.0991 e. The molecule has 0 radical (unpaired) electrons. The minimum absolute atomic E-state index is 0.249. The van der Waals surface area contributed by atoms with E-state index in [0.717, 1.165) is 5.56 Å². The van der Waals surface area contributed by atoms with Gasteiger partial charge in [-0.15, -0.1) is 0 Å². The second-order valence-corrected chi connectivity index (χ2v) is 10.7. The summed E-state index contributed by atoms with van der Waals surface area (Å²) >= 11 is 0. The Morgan fingerprint density at radius 3 is 2.00 bits per heavy atom. The van der Waals surface area contributed by atoms with E-state index in [1.54, 1.807) is 0 Å². The highest BCUT2D eigenvalue weighted by Gasteiger charge is 2.36. The van der Waals surface area contributed by atoms with Gasteiger partial charge in [-0.3, -0.25) is 0 Å². The molecule has 0 aliphatic heterocycles. The van der Waals surface area contributed by atoms with Crippen molar-refractivity contribution in [2.75, 3.05) is 0 Å². The van der Waals surface area contributed by atoms with Crippen molar-refractivity contribution in [2.45, 2.75) is 31.7 Å². The molecule has 1 unspecified atom stereocenters. The first kappa shape index (κ1) is 12.0. The van der Waals surface area contributed by atoms with Gasteiger partial charge in [-0.2, -0.15) is 5.26 Å². The highest BCUT2D eigenvalue weighted by atomic mass is 28.3. The number of nitrogens with zero attached hydrogens (tertiary/aromatic N) is 1. The van der Waals surface area contributed by atoms with Gasteiger partial charge >= 0.3 is 0 Å². The van der Waals surface area contributed by atoms with Gasteiger partial charge in [-0.05, 0) is 24.6 Å². The van der Waals surface area contributed by atoms with Crippen LogP contribution in [0, 0.1) is 11.3 Å². The third-order valence-corrected chi connectivity index (χ3v) is 6.58. The number of hydrogen-bond donors (Lipinski definition) is 1. The highest BCUT2D eigenvalue weighted by Crippen LogP contribution is 2.28. The molecule has 0 saturated heterocycles. The fourth-order valence-corrected chi connectivity index (χ4v) is 2.36. The lowest BCUT2D eigenvalue weighted by Gasteiger charge is -2.37. The van der Waals surface area contributed by atoms with E-state index in [0.29, 0.717) is 5.56 Å². The average molecular weight is 218 g/mol. The molecule has 0 aliphatic carbocycles. The van der Waals surface area contributed by atoms with E-state index >= 15 is 0 Å². The summed E-state index contributed by atoms with van der Waals surface area (Å²) in [5.41, 5.74) is 8.20. The first-order valence-electron chi connectivity index (χ1n) is 5.08. The molecule has 0 aliphatic rings. The standard InChI is InChI=1S/C12H18N2Si/c1-12(14,15(2,3)4)11-7-5-10(9-13)6-8-11/h5-8H,14H2,1-4H3. The van der Waals surface area contributed by atoms with E-state index in [1.165, 1.54) is 0 Å². The van der Waals surface area contributed by atoms with Crippen LogP contribution >= 0.6 is 0 Å². The van der Waals surface area contributed by atoms with Crippen LogP contribution in [-0.2, 0) is 5.16 Å². The number of nitriles is 1. The molecule has 0 amide bonds. The Morgan fingerprint density at radius 2 is 1.67 bits per heavy atom. The van der Waals surface area contributed by atoms with E-state index in [1.807, 2.05) is 24.3 Å².